The minimum absolute atomic E-state index is 0.278. The van der Waals surface area contributed by atoms with Gasteiger partial charge >= 0.3 is 0 Å². The molecular formula is C12H13NO2. The first-order valence-electron chi connectivity index (χ1n) is 4.85. The third-order valence-corrected chi connectivity index (χ3v) is 2.16. The van der Waals surface area contributed by atoms with Gasteiger partial charge < -0.3 is 9.53 Å². The summed E-state index contributed by atoms with van der Waals surface area (Å²) in [5.41, 5.74) is 1.18. The molecule has 0 N–H and O–H groups in total. The van der Waals surface area contributed by atoms with Crippen LogP contribution in [0, 0.1) is 11.3 Å². The molecule has 0 saturated carbocycles. The van der Waals surface area contributed by atoms with Crippen molar-refractivity contribution in [3.63, 3.8) is 0 Å². The zero-order chi connectivity index (χ0) is 11.3. The summed E-state index contributed by atoms with van der Waals surface area (Å²) in [6, 6.07) is 7.39. The van der Waals surface area contributed by atoms with Crippen molar-refractivity contribution >= 4 is 6.29 Å². The molecule has 0 radical (unpaired) electrons. The number of ether oxygens (including phenoxy) is 1. The summed E-state index contributed by atoms with van der Waals surface area (Å²) >= 11 is 0. The van der Waals surface area contributed by atoms with E-state index in [0.717, 1.165) is 11.8 Å². The highest BCUT2D eigenvalue weighted by Gasteiger charge is 2.13. The lowest BCUT2D eigenvalue weighted by molar-refractivity contribution is -0.108. The van der Waals surface area contributed by atoms with Gasteiger partial charge in [0.05, 0.1) is 12.2 Å². The number of nitrogens with zero attached hydrogens (tertiary/aromatic N) is 1. The van der Waals surface area contributed by atoms with E-state index < -0.39 is 0 Å². The average molecular weight is 203 g/mol. The molecular weight excluding hydrogens is 190 g/mol. The molecule has 1 aromatic carbocycles. The van der Waals surface area contributed by atoms with Gasteiger partial charge in [-0.3, -0.25) is 0 Å². The van der Waals surface area contributed by atoms with Crippen molar-refractivity contribution < 1.29 is 9.53 Å². The highest BCUT2D eigenvalue weighted by molar-refractivity contribution is 5.65. The second-order valence-electron chi connectivity index (χ2n) is 3.19. The maximum Gasteiger partial charge on any atom is 0.137 e. The third-order valence-electron chi connectivity index (χ3n) is 2.16. The van der Waals surface area contributed by atoms with Gasteiger partial charge in [0.25, 0.3) is 0 Å². The highest BCUT2D eigenvalue weighted by Crippen LogP contribution is 2.26. The van der Waals surface area contributed by atoms with Gasteiger partial charge in [0.2, 0.25) is 0 Å². The van der Waals surface area contributed by atoms with Crippen molar-refractivity contribution in [3.05, 3.63) is 29.3 Å². The Bertz CT molecular complexity index is 393. The smallest absolute Gasteiger partial charge is 0.137 e. The topological polar surface area (TPSA) is 50.1 Å². The molecule has 0 bridgehead atoms. The predicted octanol–water partition coefficient (Wildman–Crippen LogP) is 2.26. The van der Waals surface area contributed by atoms with E-state index in [1.165, 1.54) is 0 Å². The molecule has 78 valence electrons. The second kappa shape index (κ2) is 5.16. The monoisotopic (exact) mass is 203 g/mol. The van der Waals surface area contributed by atoms with Crippen LogP contribution in [0.15, 0.2) is 18.2 Å². The Morgan fingerprint density at radius 2 is 2.33 bits per heavy atom. The summed E-state index contributed by atoms with van der Waals surface area (Å²) in [5.74, 6) is 0.270. The maximum atomic E-state index is 10.7. The van der Waals surface area contributed by atoms with Crippen molar-refractivity contribution in [3.8, 4) is 11.8 Å². The molecule has 0 aliphatic rings. The van der Waals surface area contributed by atoms with Crippen molar-refractivity contribution in [2.45, 2.75) is 19.8 Å². The fourth-order valence-corrected chi connectivity index (χ4v) is 1.40. The fourth-order valence-electron chi connectivity index (χ4n) is 1.40. The molecule has 3 nitrogen and oxygen atoms in total. The molecule has 1 atom stereocenters. The van der Waals surface area contributed by atoms with Crippen molar-refractivity contribution in [1.29, 1.82) is 5.26 Å². The summed E-state index contributed by atoms with van der Waals surface area (Å²) < 4.78 is 5.32. The van der Waals surface area contributed by atoms with Crippen molar-refractivity contribution in [1.82, 2.24) is 0 Å². The van der Waals surface area contributed by atoms with E-state index in [0.29, 0.717) is 17.9 Å². The van der Waals surface area contributed by atoms with Crippen LogP contribution < -0.4 is 4.74 Å². The van der Waals surface area contributed by atoms with Crippen LogP contribution in [0.1, 0.15) is 30.9 Å². The average Bonchev–Trinajstić information content (AvgIpc) is 2.28. The first-order valence-corrected chi connectivity index (χ1v) is 4.85. The van der Waals surface area contributed by atoms with E-state index in [1.807, 2.05) is 6.92 Å². The van der Waals surface area contributed by atoms with E-state index in [2.05, 4.69) is 6.07 Å². The van der Waals surface area contributed by atoms with Crippen LogP contribution >= 0.6 is 0 Å². The molecule has 0 aliphatic heterocycles. The third kappa shape index (κ3) is 2.35. The summed E-state index contributed by atoms with van der Waals surface area (Å²) in [5, 5.41) is 9.02. The lowest BCUT2D eigenvalue weighted by atomic mass is 9.97. The van der Waals surface area contributed by atoms with Gasteiger partial charge in [-0.1, -0.05) is 19.1 Å². The number of hydrogen-bond donors (Lipinski definition) is 0. The Balaban J connectivity index is 3.23. The molecule has 0 aliphatic carbocycles. The molecule has 15 heavy (non-hydrogen) atoms. The van der Waals surface area contributed by atoms with E-state index in [9.17, 15) is 4.79 Å². The summed E-state index contributed by atoms with van der Waals surface area (Å²) in [6.07, 6.45) is 0.825. The number of carbonyl (C=O) groups excluding carboxylic acids is 1. The van der Waals surface area contributed by atoms with Gasteiger partial charge in [-0.15, -0.1) is 0 Å². The maximum absolute atomic E-state index is 10.7. The minimum Gasteiger partial charge on any atom is -0.492 e. The first-order chi connectivity index (χ1) is 7.24. The molecule has 1 aromatic rings. The largest absolute Gasteiger partial charge is 0.492 e. The normalized spacial score (nSPS) is 11.5. The molecule has 0 saturated heterocycles. The van der Waals surface area contributed by atoms with E-state index in [-0.39, 0.29) is 5.92 Å². The number of rotatable bonds is 4. The van der Waals surface area contributed by atoms with Gasteiger partial charge in [0.1, 0.15) is 18.1 Å². The Labute approximate surface area is 89.3 Å². The predicted molar refractivity (Wildman–Crippen MR) is 56.8 cm³/mol. The standard InChI is InChI=1S/C12H13NO2/c1-3-15-12-6-4-5-10(9(2)8-14)11(12)7-13/h4-6,8-9H,3H2,1-2H3. The van der Waals surface area contributed by atoms with E-state index in [4.69, 9.17) is 10.00 Å². The van der Waals surface area contributed by atoms with E-state index in [1.54, 1.807) is 25.1 Å². The van der Waals surface area contributed by atoms with Crippen LogP contribution in [-0.4, -0.2) is 12.9 Å². The molecule has 0 spiro atoms. The van der Waals surface area contributed by atoms with Crippen LogP contribution in [0.2, 0.25) is 0 Å². The Kier molecular flexibility index (Phi) is 3.87. The fraction of sp³-hybridized carbons (Fsp3) is 0.333. The molecule has 0 aromatic heterocycles. The minimum atomic E-state index is -0.278. The second-order valence-corrected chi connectivity index (χ2v) is 3.19. The molecule has 0 amide bonds. The van der Waals surface area contributed by atoms with Crippen LogP contribution in [0.5, 0.6) is 5.75 Å². The summed E-state index contributed by atoms with van der Waals surface area (Å²) in [7, 11) is 0. The van der Waals surface area contributed by atoms with Crippen LogP contribution in [0.3, 0.4) is 0 Å². The molecule has 1 unspecified atom stereocenters. The zero-order valence-corrected chi connectivity index (χ0v) is 8.86. The van der Waals surface area contributed by atoms with Crippen molar-refractivity contribution in [2.75, 3.05) is 6.61 Å². The Morgan fingerprint density at radius 1 is 1.60 bits per heavy atom. The summed E-state index contributed by atoms with van der Waals surface area (Å²) in [6.45, 7) is 4.13. The number of benzene rings is 1. The van der Waals surface area contributed by atoms with Gasteiger partial charge in [-0.05, 0) is 18.6 Å². The van der Waals surface area contributed by atoms with Gasteiger partial charge in [0, 0.05) is 5.92 Å². The molecule has 0 heterocycles. The van der Waals surface area contributed by atoms with Gasteiger partial charge in [-0.2, -0.15) is 5.26 Å². The number of aldehydes is 1. The first kappa shape index (κ1) is 11.3. The van der Waals surface area contributed by atoms with Gasteiger partial charge in [-0.25, -0.2) is 0 Å². The summed E-state index contributed by atoms with van der Waals surface area (Å²) in [4.78, 5) is 10.7. The van der Waals surface area contributed by atoms with Crippen LogP contribution in [0.4, 0.5) is 0 Å². The number of carbonyl (C=O) groups is 1. The van der Waals surface area contributed by atoms with Crippen LogP contribution in [-0.2, 0) is 4.79 Å². The van der Waals surface area contributed by atoms with Gasteiger partial charge in [0.15, 0.2) is 0 Å². The Morgan fingerprint density at radius 3 is 2.87 bits per heavy atom. The highest BCUT2D eigenvalue weighted by atomic mass is 16.5. The lowest BCUT2D eigenvalue weighted by Gasteiger charge is -2.11. The molecule has 0 fully saturated rings. The Hall–Kier alpha value is -1.82. The number of hydrogen-bond acceptors (Lipinski definition) is 3. The van der Waals surface area contributed by atoms with E-state index >= 15 is 0 Å². The molecule has 3 heteroatoms. The SMILES string of the molecule is CCOc1cccc(C(C)C=O)c1C#N. The lowest BCUT2D eigenvalue weighted by Crippen LogP contribution is -2.02. The van der Waals surface area contributed by atoms with Crippen LogP contribution in [0.25, 0.3) is 0 Å². The quantitative estimate of drug-likeness (QED) is 0.705. The number of nitriles is 1. The zero-order valence-electron chi connectivity index (χ0n) is 8.86. The van der Waals surface area contributed by atoms with Crippen molar-refractivity contribution in [2.24, 2.45) is 0 Å². The molecule has 1 rings (SSSR count).